The predicted octanol–water partition coefficient (Wildman–Crippen LogP) is 2.67. The number of aliphatic imine (C=N–C) groups is 1. The number of pyridine rings is 1. The molecular weight excluding hydrogens is 492 g/mol. The van der Waals surface area contributed by atoms with Crippen LogP contribution in [0.2, 0.25) is 0 Å². The van der Waals surface area contributed by atoms with Crippen LogP contribution >= 0.6 is 0 Å². The SMILES string of the molecule is CC(C)C1CN(c2ccnc(NCCN3CCOCC3)n2)CCN1C(=Nc1cccc2ncccc12)NC#N. The van der Waals surface area contributed by atoms with Gasteiger partial charge < -0.3 is 19.9 Å². The van der Waals surface area contributed by atoms with E-state index in [1.165, 1.54) is 0 Å². The van der Waals surface area contributed by atoms with Crippen molar-refractivity contribution in [2.75, 3.05) is 69.2 Å². The fraction of sp³-hybridized carbons (Fsp3) is 0.464. The number of nitriles is 1. The van der Waals surface area contributed by atoms with Gasteiger partial charge in [0.2, 0.25) is 11.9 Å². The molecule has 1 atom stereocenters. The van der Waals surface area contributed by atoms with Crippen molar-refractivity contribution in [1.82, 2.24) is 30.1 Å². The number of nitrogens with zero attached hydrogens (tertiary/aromatic N) is 8. The maximum absolute atomic E-state index is 9.57. The van der Waals surface area contributed by atoms with E-state index in [9.17, 15) is 5.26 Å². The number of ether oxygens (including phenoxy) is 1. The summed E-state index contributed by atoms with van der Waals surface area (Å²) in [4.78, 5) is 25.5. The van der Waals surface area contributed by atoms with Crippen LogP contribution in [-0.2, 0) is 4.74 Å². The molecule has 0 spiro atoms. The highest BCUT2D eigenvalue weighted by molar-refractivity contribution is 5.94. The first-order valence-corrected chi connectivity index (χ1v) is 13.6. The average molecular weight is 529 g/mol. The molecule has 2 aliphatic rings. The highest BCUT2D eigenvalue weighted by atomic mass is 16.5. The third kappa shape index (κ3) is 6.53. The number of rotatable bonds is 7. The summed E-state index contributed by atoms with van der Waals surface area (Å²) in [6.45, 7) is 11.8. The van der Waals surface area contributed by atoms with Gasteiger partial charge in [-0.3, -0.25) is 15.2 Å². The summed E-state index contributed by atoms with van der Waals surface area (Å²) < 4.78 is 5.43. The predicted molar refractivity (Wildman–Crippen MR) is 153 cm³/mol. The molecule has 1 aromatic carbocycles. The molecule has 11 heteroatoms. The summed E-state index contributed by atoms with van der Waals surface area (Å²) >= 11 is 0. The molecule has 2 aromatic heterocycles. The summed E-state index contributed by atoms with van der Waals surface area (Å²) in [5, 5.41) is 16.8. The van der Waals surface area contributed by atoms with Crippen molar-refractivity contribution in [3.63, 3.8) is 0 Å². The van der Waals surface area contributed by atoms with Gasteiger partial charge >= 0.3 is 0 Å². The number of benzene rings is 1. The standard InChI is InChI=1S/C28H36N10O/c1-21(2)25-19-37(26-8-10-31-27(35-26)32-11-12-36-15-17-39-18-16-36)13-14-38(25)28(33-20-29)34-24-7-3-6-23-22(24)5-4-9-30-23/h3-10,21,25H,11-19H2,1-2H3,(H,33,34)(H,31,32,35). The zero-order chi connectivity index (χ0) is 27.0. The van der Waals surface area contributed by atoms with Gasteiger partial charge in [0.25, 0.3) is 0 Å². The van der Waals surface area contributed by atoms with Crippen LogP contribution in [0.25, 0.3) is 10.9 Å². The summed E-state index contributed by atoms with van der Waals surface area (Å²) in [5.74, 6) is 2.42. The maximum Gasteiger partial charge on any atom is 0.224 e. The first-order chi connectivity index (χ1) is 19.1. The Hall–Kier alpha value is -4.01. The molecule has 0 saturated carbocycles. The van der Waals surface area contributed by atoms with E-state index in [4.69, 9.17) is 14.7 Å². The molecule has 2 fully saturated rings. The van der Waals surface area contributed by atoms with Gasteiger partial charge in [-0.2, -0.15) is 10.2 Å². The van der Waals surface area contributed by atoms with Crippen molar-refractivity contribution in [2.24, 2.45) is 10.9 Å². The minimum Gasteiger partial charge on any atom is -0.379 e. The summed E-state index contributed by atoms with van der Waals surface area (Å²) in [6.07, 6.45) is 5.68. The first-order valence-electron chi connectivity index (χ1n) is 13.6. The molecule has 5 rings (SSSR count). The molecule has 2 aliphatic heterocycles. The second-order valence-corrected chi connectivity index (χ2v) is 10.1. The van der Waals surface area contributed by atoms with Gasteiger partial charge in [-0.1, -0.05) is 19.9 Å². The molecular formula is C28H36N10O. The number of morpholine rings is 1. The third-order valence-corrected chi connectivity index (χ3v) is 7.26. The molecule has 4 heterocycles. The average Bonchev–Trinajstić information content (AvgIpc) is 2.97. The Kier molecular flexibility index (Phi) is 8.65. The molecule has 3 aromatic rings. The van der Waals surface area contributed by atoms with Crippen LogP contribution in [0.1, 0.15) is 13.8 Å². The Bertz CT molecular complexity index is 1310. The number of piperazine rings is 1. The van der Waals surface area contributed by atoms with Crippen molar-refractivity contribution >= 4 is 34.3 Å². The largest absolute Gasteiger partial charge is 0.379 e. The molecule has 0 bridgehead atoms. The Labute approximate surface area is 229 Å². The molecule has 39 heavy (non-hydrogen) atoms. The van der Waals surface area contributed by atoms with Crippen molar-refractivity contribution < 1.29 is 4.74 Å². The first kappa shape index (κ1) is 26.6. The van der Waals surface area contributed by atoms with Gasteiger partial charge in [-0.25, -0.2) is 9.98 Å². The summed E-state index contributed by atoms with van der Waals surface area (Å²) in [5.41, 5.74) is 1.66. The lowest BCUT2D eigenvalue weighted by molar-refractivity contribution is 0.0398. The van der Waals surface area contributed by atoms with E-state index < -0.39 is 0 Å². The number of aromatic nitrogens is 3. The van der Waals surface area contributed by atoms with Crippen LogP contribution in [0.15, 0.2) is 53.8 Å². The molecule has 204 valence electrons. The summed E-state index contributed by atoms with van der Waals surface area (Å²) in [6, 6.07) is 11.9. The Morgan fingerprint density at radius 1 is 1.10 bits per heavy atom. The lowest BCUT2D eigenvalue weighted by atomic mass is 9.99. The fourth-order valence-electron chi connectivity index (χ4n) is 5.13. The van der Waals surface area contributed by atoms with Gasteiger partial charge in [0.1, 0.15) is 5.82 Å². The minimum atomic E-state index is 0.124. The molecule has 0 radical (unpaired) electrons. The van der Waals surface area contributed by atoms with E-state index in [1.54, 1.807) is 6.20 Å². The Morgan fingerprint density at radius 3 is 2.79 bits per heavy atom. The van der Waals surface area contributed by atoms with Gasteiger partial charge in [-0.15, -0.1) is 0 Å². The molecule has 0 aliphatic carbocycles. The van der Waals surface area contributed by atoms with E-state index in [0.29, 0.717) is 24.4 Å². The molecule has 2 N–H and O–H groups in total. The minimum absolute atomic E-state index is 0.124. The Balaban J connectivity index is 1.30. The van der Waals surface area contributed by atoms with Gasteiger partial charge in [-0.05, 0) is 36.2 Å². The van der Waals surface area contributed by atoms with Crippen molar-refractivity contribution in [1.29, 1.82) is 5.26 Å². The molecule has 1 unspecified atom stereocenters. The lowest BCUT2D eigenvalue weighted by Crippen LogP contribution is -2.59. The summed E-state index contributed by atoms with van der Waals surface area (Å²) in [7, 11) is 0. The number of hydrogen-bond acceptors (Lipinski definition) is 9. The quantitative estimate of drug-likeness (QED) is 0.205. The lowest BCUT2D eigenvalue weighted by Gasteiger charge is -2.44. The second-order valence-electron chi connectivity index (χ2n) is 10.1. The zero-order valence-corrected chi connectivity index (χ0v) is 22.6. The number of guanidine groups is 1. The number of anilines is 2. The Morgan fingerprint density at radius 2 is 1.97 bits per heavy atom. The van der Waals surface area contributed by atoms with Crippen LogP contribution in [0.4, 0.5) is 17.5 Å². The van der Waals surface area contributed by atoms with E-state index in [1.807, 2.05) is 42.6 Å². The zero-order valence-electron chi connectivity index (χ0n) is 22.6. The van der Waals surface area contributed by atoms with Crippen molar-refractivity contribution in [3.8, 4) is 6.19 Å². The van der Waals surface area contributed by atoms with Crippen molar-refractivity contribution in [2.45, 2.75) is 19.9 Å². The highest BCUT2D eigenvalue weighted by Gasteiger charge is 2.32. The van der Waals surface area contributed by atoms with Crippen molar-refractivity contribution in [3.05, 3.63) is 48.8 Å². The number of fused-ring (bicyclic) bond motifs is 1. The number of hydrogen-bond donors (Lipinski definition) is 2. The second kappa shape index (κ2) is 12.7. The fourth-order valence-corrected chi connectivity index (χ4v) is 5.13. The normalized spacial score (nSPS) is 18.8. The highest BCUT2D eigenvalue weighted by Crippen LogP contribution is 2.27. The van der Waals surface area contributed by atoms with Gasteiger partial charge in [0.15, 0.2) is 6.19 Å². The smallest absolute Gasteiger partial charge is 0.224 e. The van der Waals surface area contributed by atoms with E-state index >= 15 is 0 Å². The van der Waals surface area contributed by atoms with Crippen LogP contribution in [0, 0.1) is 17.4 Å². The van der Waals surface area contributed by atoms with Gasteiger partial charge in [0.05, 0.1) is 30.5 Å². The topological polar surface area (TPSA) is 118 Å². The van der Waals surface area contributed by atoms with E-state index in [2.05, 4.69) is 55.3 Å². The third-order valence-electron chi connectivity index (χ3n) is 7.26. The van der Waals surface area contributed by atoms with E-state index in [0.717, 1.165) is 74.9 Å². The molecule has 2 saturated heterocycles. The van der Waals surface area contributed by atoms with Crippen LogP contribution < -0.4 is 15.5 Å². The van der Waals surface area contributed by atoms with E-state index in [-0.39, 0.29) is 6.04 Å². The maximum atomic E-state index is 9.57. The molecule has 11 nitrogen and oxygen atoms in total. The van der Waals surface area contributed by atoms with Crippen LogP contribution in [0.3, 0.4) is 0 Å². The van der Waals surface area contributed by atoms with Gasteiger partial charge in [0, 0.05) is 63.6 Å². The monoisotopic (exact) mass is 528 g/mol. The number of nitrogens with one attached hydrogen (secondary N) is 2. The molecule has 0 amide bonds. The van der Waals surface area contributed by atoms with Crippen LogP contribution in [0.5, 0.6) is 0 Å². The van der Waals surface area contributed by atoms with Crippen LogP contribution in [-0.4, -0.2) is 95.8 Å².